The predicted molar refractivity (Wildman–Crippen MR) is 47.3 cm³/mol. The van der Waals surface area contributed by atoms with Crippen molar-refractivity contribution in [2.24, 2.45) is 0 Å². The molecule has 0 aliphatic heterocycles. The van der Waals surface area contributed by atoms with E-state index in [0.29, 0.717) is 6.42 Å². The quantitative estimate of drug-likeness (QED) is 0.602. The number of halogens is 5. The molecule has 0 aromatic carbocycles. The minimum Gasteiger partial charge on any atom is -0.169 e. The van der Waals surface area contributed by atoms with E-state index in [1.807, 2.05) is 6.92 Å². The third-order valence-electron chi connectivity index (χ3n) is 2.05. The molecule has 98 valence electrons. The van der Waals surface area contributed by atoms with E-state index in [0.717, 1.165) is 12.8 Å². The first kappa shape index (κ1) is 13.8. The Morgan fingerprint density at radius 1 is 1.12 bits per heavy atom. The Hall–Kier alpha value is -1.28. The molecule has 0 saturated carbocycles. The van der Waals surface area contributed by atoms with Crippen LogP contribution >= 0.6 is 0 Å². The summed E-state index contributed by atoms with van der Waals surface area (Å²) in [6, 6.07) is -5.12. The van der Waals surface area contributed by atoms with Gasteiger partial charge in [0.25, 0.3) is 0 Å². The second kappa shape index (κ2) is 4.92. The molecule has 0 N–H and O–H groups in total. The van der Waals surface area contributed by atoms with Crippen LogP contribution in [0.5, 0.6) is 0 Å². The summed E-state index contributed by atoms with van der Waals surface area (Å²) in [5.74, 6) is -0.109. The van der Waals surface area contributed by atoms with Crippen molar-refractivity contribution in [3.8, 4) is 0 Å². The molecule has 0 atom stereocenters. The van der Waals surface area contributed by atoms with Crippen molar-refractivity contribution in [3.05, 3.63) is 5.82 Å². The molecule has 0 aliphatic carbocycles. The summed E-state index contributed by atoms with van der Waals surface area (Å²) < 4.78 is 61.3. The third kappa shape index (κ3) is 3.10. The molecule has 1 aromatic rings. The molecule has 0 fully saturated rings. The molecule has 1 aromatic heterocycles. The number of rotatable bonds is 5. The van der Waals surface area contributed by atoms with Gasteiger partial charge in [-0.1, -0.05) is 24.6 Å². The number of alkyl halides is 5. The molecule has 4 nitrogen and oxygen atoms in total. The largest absolute Gasteiger partial charge is 0.479 e. The Morgan fingerprint density at radius 2 is 1.76 bits per heavy atom. The average molecular weight is 258 g/mol. The van der Waals surface area contributed by atoms with Crippen LogP contribution in [-0.2, 0) is 12.5 Å². The van der Waals surface area contributed by atoms with Gasteiger partial charge in [-0.2, -0.15) is 22.0 Å². The molecule has 0 amide bonds. The van der Waals surface area contributed by atoms with Crippen LogP contribution in [-0.4, -0.2) is 26.4 Å². The van der Waals surface area contributed by atoms with E-state index in [1.54, 1.807) is 0 Å². The maximum absolute atomic E-state index is 12.7. The summed E-state index contributed by atoms with van der Waals surface area (Å²) in [5, 5.41) is 8.95. The lowest BCUT2D eigenvalue weighted by Gasteiger charge is -2.16. The van der Waals surface area contributed by atoms with E-state index >= 15 is 0 Å². The van der Waals surface area contributed by atoms with E-state index in [2.05, 4.69) is 15.4 Å². The molecule has 0 spiro atoms. The lowest BCUT2D eigenvalue weighted by atomic mass is 10.2. The first-order valence-electron chi connectivity index (χ1n) is 5.03. The van der Waals surface area contributed by atoms with Crippen molar-refractivity contribution in [2.75, 3.05) is 0 Å². The summed E-state index contributed by atoms with van der Waals surface area (Å²) in [6.07, 6.45) is -3.15. The van der Waals surface area contributed by atoms with Gasteiger partial charge < -0.3 is 0 Å². The van der Waals surface area contributed by atoms with Gasteiger partial charge in [0, 0.05) is 6.42 Å². The van der Waals surface area contributed by atoms with E-state index in [-0.39, 0.29) is 12.2 Å². The number of hydrogen-bond acceptors (Lipinski definition) is 3. The molecule has 0 aliphatic rings. The standard InChI is InChI=1S/C8H11F5N4/c1-2-3-4-5-6-14-16-17(15-6)8(12,13)7(9,10)11/h2-5H2,1H3. The second-order valence-corrected chi connectivity index (χ2v) is 3.49. The molecule has 0 unspecified atom stereocenters. The number of hydrogen-bond donors (Lipinski definition) is 0. The first-order chi connectivity index (χ1) is 7.79. The topological polar surface area (TPSA) is 43.6 Å². The summed E-state index contributed by atoms with van der Waals surface area (Å²) >= 11 is 0. The SMILES string of the molecule is CCCCCc1nnn(C(F)(F)C(F)(F)F)n1. The average Bonchev–Trinajstić information content (AvgIpc) is 2.65. The van der Waals surface area contributed by atoms with Crippen LogP contribution in [0.4, 0.5) is 22.0 Å². The molecule has 0 bridgehead atoms. The van der Waals surface area contributed by atoms with Crippen molar-refractivity contribution in [3.63, 3.8) is 0 Å². The maximum Gasteiger partial charge on any atom is 0.479 e. The highest BCUT2D eigenvalue weighted by Gasteiger charge is 2.61. The third-order valence-corrected chi connectivity index (χ3v) is 2.05. The predicted octanol–water partition coefficient (Wildman–Crippen LogP) is 2.52. The van der Waals surface area contributed by atoms with E-state index in [4.69, 9.17) is 0 Å². The van der Waals surface area contributed by atoms with Crippen molar-refractivity contribution in [2.45, 2.75) is 44.8 Å². The van der Waals surface area contributed by atoms with Crippen LogP contribution in [0.25, 0.3) is 0 Å². The Balaban J connectivity index is 2.74. The summed E-state index contributed by atoms with van der Waals surface area (Å²) in [7, 11) is 0. The normalized spacial score (nSPS) is 13.1. The van der Waals surface area contributed by atoms with Gasteiger partial charge in [0.15, 0.2) is 5.82 Å². The van der Waals surface area contributed by atoms with Crippen LogP contribution in [0.2, 0.25) is 0 Å². The van der Waals surface area contributed by atoms with Gasteiger partial charge in [0.05, 0.1) is 0 Å². The molecular formula is C8H11F5N4. The highest BCUT2D eigenvalue weighted by Crippen LogP contribution is 2.38. The maximum atomic E-state index is 12.7. The van der Waals surface area contributed by atoms with Crippen molar-refractivity contribution in [1.29, 1.82) is 0 Å². The highest BCUT2D eigenvalue weighted by atomic mass is 19.4. The zero-order valence-corrected chi connectivity index (χ0v) is 9.01. The zero-order chi connectivity index (χ0) is 13.1. The molecule has 0 saturated heterocycles. The number of aryl methyl sites for hydroxylation is 1. The first-order valence-corrected chi connectivity index (χ1v) is 5.03. The van der Waals surface area contributed by atoms with E-state index in [9.17, 15) is 22.0 Å². The van der Waals surface area contributed by atoms with Gasteiger partial charge in [0.1, 0.15) is 0 Å². The summed E-state index contributed by atoms with van der Waals surface area (Å²) in [4.78, 5) is -0.686. The minimum atomic E-state index is -5.73. The van der Waals surface area contributed by atoms with E-state index in [1.165, 1.54) is 0 Å². The van der Waals surface area contributed by atoms with Crippen LogP contribution < -0.4 is 0 Å². The Kier molecular flexibility index (Phi) is 3.99. The van der Waals surface area contributed by atoms with E-state index < -0.39 is 17.0 Å². The smallest absolute Gasteiger partial charge is 0.169 e. The molecular weight excluding hydrogens is 247 g/mol. The molecule has 0 radical (unpaired) electrons. The molecule has 1 heterocycles. The van der Waals surface area contributed by atoms with Gasteiger partial charge in [0.2, 0.25) is 0 Å². The number of unbranched alkanes of at least 4 members (excludes halogenated alkanes) is 2. The fourth-order valence-electron chi connectivity index (χ4n) is 1.11. The van der Waals surface area contributed by atoms with Crippen LogP contribution in [0, 0.1) is 0 Å². The van der Waals surface area contributed by atoms with Crippen molar-refractivity contribution < 1.29 is 22.0 Å². The van der Waals surface area contributed by atoms with Gasteiger partial charge in [-0.15, -0.1) is 10.2 Å². The van der Waals surface area contributed by atoms with Crippen molar-refractivity contribution >= 4 is 0 Å². The lowest BCUT2D eigenvalue weighted by Crippen LogP contribution is -2.41. The zero-order valence-electron chi connectivity index (χ0n) is 9.01. The fraction of sp³-hybridized carbons (Fsp3) is 0.875. The monoisotopic (exact) mass is 258 g/mol. The number of aromatic nitrogens is 4. The highest BCUT2D eigenvalue weighted by molar-refractivity contribution is 4.79. The Bertz CT molecular complexity index is 359. The van der Waals surface area contributed by atoms with Gasteiger partial charge >= 0.3 is 12.2 Å². The summed E-state index contributed by atoms with van der Waals surface area (Å²) in [5.41, 5.74) is 0. The second-order valence-electron chi connectivity index (χ2n) is 3.49. The van der Waals surface area contributed by atoms with Gasteiger partial charge in [-0.25, -0.2) is 0 Å². The van der Waals surface area contributed by atoms with Gasteiger partial charge in [-0.05, 0) is 11.6 Å². The molecule has 9 heteroatoms. The minimum absolute atomic E-state index is 0.109. The lowest BCUT2D eigenvalue weighted by molar-refractivity contribution is -0.333. The molecule has 1 rings (SSSR count). The number of nitrogens with zero attached hydrogens (tertiary/aromatic N) is 4. The van der Waals surface area contributed by atoms with Crippen LogP contribution in [0.3, 0.4) is 0 Å². The fourth-order valence-corrected chi connectivity index (χ4v) is 1.11. The van der Waals surface area contributed by atoms with Crippen LogP contribution in [0.1, 0.15) is 32.0 Å². The molecule has 17 heavy (non-hydrogen) atoms. The Morgan fingerprint density at radius 3 is 2.29 bits per heavy atom. The van der Waals surface area contributed by atoms with Crippen LogP contribution in [0.15, 0.2) is 0 Å². The summed E-state index contributed by atoms with van der Waals surface area (Å²) in [6.45, 7) is 1.93. The van der Waals surface area contributed by atoms with Crippen molar-refractivity contribution in [1.82, 2.24) is 20.2 Å². The van der Waals surface area contributed by atoms with Gasteiger partial charge in [-0.3, -0.25) is 0 Å². The number of tetrazole rings is 1. The Labute approximate surface area is 93.8 Å².